The summed E-state index contributed by atoms with van der Waals surface area (Å²) in [7, 11) is 1.57. The fourth-order valence-corrected chi connectivity index (χ4v) is 2.45. The lowest BCUT2D eigenvalue weighted by molar-refractivity contribution is 0.0947. The van der Waals surface area contributed by atoms with Gasteiger partial charge in [0.15, 0.2) is 0 Å². The van der Waals surface area contributed by atoms with E-state index in [0.29, 0.717) is 16.7 Å². The maximum atomic E-state index is 12.3. The molecule has 2 aromatic carbocycles. The Morgan fingerprint density at radius 1 is 1.17 bits per heavy atom. The van der Waals surface area contributed by atoms with Crippen molar-refractivity contribution < 1.29 is 14.6 Å². The predicted octanol–water partition coefficient (Wildman–Crippen LogP) is 2.17. The van der Waals surface area contributed by atoms with Crippen LogP contribution >= 0.6 is 0 Å². The van der Waals surface area contributed by atoms with Gasteiger partial charge in [-0.05, 0) is 29.8 Å². The zero-order valence-corrected chi connectivity index (χ0v) is 13.0. The van der Waals surface area contributed by atoms with Gasteiger partial charge in [0.1, 0.15) is 17.1 Å². The Balaban J connectivity index is 1.84. The van der Waals surface area contributed by atoms with Gasteiger partial charge in [0, 0.05) is 11.9 Å². The minimum atomic E-state index is -0.629. The van der Waals surface area contributed by atoms with Crippen LogP contribution in [0.5, 0.6) is 11.5 Å². The summed E-state index contributed by atoms with van der Waals surface area (Å²) < 4.78 is 5.07. The van der Waals surface area contributed by atoms with Crippen LogP contribution in [0, 0.1) is 0 Å². The number of fused-ring (bicyclic) bond motifs is 1. The Morgan fingerprint density at radius 2 is 1.88 bits per heavy atom. The van der Waals surface area contributed by atoms with Crippen LogP contribution in [0.1, 0.15) is 15.9 Å². The first-order valence-corrected chi connectivity index (χ1v) is 7.35. The largest absolute Gasteiger partial charge is 0.506 e. The van der Waals surface area contributed by atoms with E-state index >= 15 is 0 Å². The number of rotatable bonds is 4. The summed E-state index contributed by atoms with van der Waals surface area (Å²) in [4.78, 5) is 27.0. The van der Waals surface area contributed by atoms with E-state index in [4.69, 9.17) is 4.74 Å². The number of methoxy groups -OCH3 is 1. The van der Waals surface area contributed by atoms with Crippen molar-refractivity contribution in [2.45, 2.75) is 6.54 Å². The normalized spacial score (nSPS) is 10.5. The molecular formula is C18H16N2O4. The molecule has 6 nitrogen and oxygen atoms in total. The molecule has 0 fully saturated rings. The van der Waals surface area contributed by atoms with E-state index in [1.165, 1.54) is 0 Å². The number of H-pyrrole nitrogens is 1. The van der Waals surface area contributed by atoms with Crippen molar-refractivity contribution in [3.63, 3.8) is 0 Å². The molecule has 0 saturated heterocycles. The number of hydrogen-bond acceptors (Lipinski definition) is 4. The Labute approximate surface area is 137 Å². The number of hydrogen-bond donors (Lipinski definition) is 3. The van der Waals surface area contributed by atoms with Crippen molar-refractivity contribution in [2.75, 3.05) is 7.11 Å². The molecule has 3 aromatic rings. The van der Waals surface area contributed by atoms with Crippen molar-refractivity contribution in [3.05, 3.63) is 70.0 Å². The maximum absolute atomic E-state index is 12.3. The summed E-state index contributed by atoms with van der Waals surface area (Å²) in [5, 5.41) is 13.3. The molecule has 0 aliphatic carbocycles. The Hall–Kier alpha value is -3.28. The number of carbonyl (C=O) groups excluding carboxylic acids is 1. The molecule has 0 atom stereocenters. The molecule has 3 N–H and O–H groups in total. The van der Waals surface area contributed by atoms with Gasteiger partial charge in [0.05, 0.1) is 12.6 Å². The fourth-order valence-electron chi connectivity index (χ4n) is 2.45. The molecule has 0 unspecified atom stereocenters. The number of carbonyl (C=O) groups is 1. The first-order chi connectivity index (χ1) is 11.6. The highest BCUT2D eigenvalue weighted by molar-refractivity contribution is 6.01. The molecule has 0 spiro atoms. The van der Waals surface area contributed by atoms with E-state index in [1.807, 2.05) is 12.1 Å². The summed E-state index contributed by atoms with van der Waals surface area (Å²) in [5.74, 6) is -0.231. The van der Waals surface area contributed by atoms with Gasteiger partial charge in [0.25, 0.3) is 11.5 Å². The number of aromatic nitrogens is 1. The number of benzene rings is 2. The lowest BCUT2D eigenvalue weighted by atomic mass is 10.1. The zero-order valence-electron chi connectivity index (χ0n) is 13.0. The van der Waals surface area contributed by atoms with Gasteiger partial charge >= 0.3 is 0 Å². The second-order valence-corrected chi connectivity index (χ2v) is 5.25. The highest BCUT2D eigenvalue weighted by Gasteiger charge is 2.18. The average molecular weight is 324 g/mol. The molecular weight excluding hydrogens is 308 g/mol. The summed E-state index contributed by atoms with van der Waals surface area (Å²) >= 11 is 0. The second kappa shape index (κ2) is 6.45. The summed E-state index contributed by atoms with van der Waals surface area (Å²) in [5.41, 5.74) is 0.410. The minimum Gasteiger partial charge on any atom is -0.506 e. The molecule has 0 aliphatic heterocycles. The Kier molecular flexibility index (Phi) is 4.20. The first-order valence-electron chi connectivity index (χ1n) is 7.35. The minimum absolute atomic E-state index is 0.231. The van der Waals surface area contributed by atoms with Gasteiger partial charge in [-0.1, -0.05) is 24.3 Å². The van der Waals surface area contributed by atoms with Crippen LogP contribution in [-0.4, -0.2) is 23.1 Å². The third kappa shape index (κ3) is 2.94. The number of ether oxygens (including phenoxy) is 1. The van der Waals surface area contributed by atoms with E-state index in [2.05, 4.69) is 10.3 Å². The Morgan fingerprint density at radius 3 is 2.58 bits per heavy atom. The van der Waals surface area contributed by atoms with Crippen molar-refractivity contribution >= 4 is 16.8 Å². The standard InChI is InChI=1S/C18H16N2O4/c1-24-12-8-6-11(7-9-12)10-19-17(22)15-16(21)13-4-2-3-5-14(13)20-18(15)23/h2-9H,10H2,1H3,(H,19,22)(H2,20,21,23). The average Bonchev–Trinajstić information content (AvgIpc) is 2.60. The highest BCUT2D eigenvalue weighted by atomic mass is 16.5. The van der Waals surface area contributed by atoms with Gasteiger partial charge in [-0.25, -0.2) is 0 Å². The molecule has 0 aliphatic rings. The van der Waals surface area contributed by atoms with Crippen LogP contribution < -0.4 is 15.6 Å². The molecule has 1 amide bonds. The van der Waals surface area contributed by atoms with Gasteiger partial charge in [-0.15, -0.1) is 0 Å². The van der Waals surface area contributed by atoms with Gasteiger partial charge in [-0.3, -0.25) is 9.59 Å². The third-order valence-electron chi connectivity index (χ3n) is 3.73. The molecule has 1 heterocycles. The highest BCUT2D eigenvalue weighted by Crippen LogP contribution is 2.24. The van der Waals surface area contributed by atoms with Crippen molar-refractivity contribution in [2.24, 2.45) is 0 Å². The van der Waals surface area contributed by atoms with Crippen LogP contribution in [0.2, 0.25) is 0 Å². The summed E-state index contributed by atoms with van der Waals surface area (Å²) in [6, 6.07) is 13.9. The SMILES string of the molecule is COc1ccc(CNC(=O)c2c(O)c3ccccc3[nH]c2=O)cc1. The molecule has 24 heavy (non-hydrogen) atoms. The van der Waals surface area contributed by atoms with E-state index in [-0.39, 0.29) is 17.9 Å². The predicted molar refractivity (Wildman–Crippen MR) is 90.4 cm³/mol. The summed E-state index contributed by atoms with van der Waals surface area (Å²) in [6.07, 6.45) is 0. The lowest BCUT2D eigenvalue weighted by Crippen LogP contribution is -2.29. The monoisotopic (exact) mass is 324 g/mol. The van der Waals surface area contributed by atoms with Gasteiger partial charge < -0.3 is 20.1 Å². The van der Waals surface area contributed by atoms with E-state index < -0.39 is 11.5 Å². The molecule has 0 radical (unpaired) electrons. The number of nitrogens with one attached hydrogen (secondary N) is 2. The van der Waals surface area contributed by atoms with Crippen molar-refractivity contribution in [1.29, 1.82) is 0 Å². The molecule has 3 rings (SSSR count). The first kappa shape index (κ1) is 15.6. The van der Waals surface area contributed by atoms with Gasteiger partial charge in [0.2, 0.25) is 0 Å². The third-order valence-corrected chi connectivity index (χ3v) is 3.73. The number of para-hydroxylation sites is 1. The van der Waals surface area contributed by atoms with Crippen LogP contribution in [0.15, 0.2) is 53.3 Å². The smallest absolute Gasteiger partial charge is 0.265 e. The van der Waals surface area contributed by atoms with E-state index in [0.717, 1.165) is 5.56 Å². The maximum Gasteiger partial charge on any atom is 0.265 e. The topological polar surface area (TPSA) is 91.4 Å². The number of aromatic hydroxyl groups is 1. The molecule has 0 bridgehead atoms. The van der Waals surface area contributed by atoms with Crippen molar-refractivity contribution in [1.82, 2.24) is 10.3 Å². The molecule has 122 valence electrons. The van der Waals surface area contributed by atoms with Crippen LogP contribution in [0.25, 0.3) is 10.9 Å². The second-order valence-electron chi connectivity index (χ2n) is 5.25. The number of aromatic amines is 1. The number of amides is 1. The molecule has 0 saturated carbocycles. The van der Waals surface area contributed by atoms with Crippen LogP contribution in [0.3, 0.4) is 0 Å². The molecule has 6 heteroatoms. The van der Waals surface area contributed by atoms with E-state index in [9.17, 15) is 14.7 Å². The van der Waals surface area contributed by atoms with E-state index in [1.54, 1.807) is 43.5 Å². The van der Waals surface area contributed by atoms with Crippen LogP contribution in [0.4, 0.5) is 0 Å². The quantitative estimate of drug-likeness (QED) is 0.686. The lowest BCUT2D eigenvalue weighted by Gasteiger charge is -2.09. The zero-order chi connectivity index (χ0) is 17.1. The Bertz CT molecular complexity index is 945. The van der Waals surface area contributed by atoms with Gasteiger partial charge in [-0.2, -0.15) is 0 Å². The molecule has 1 aromatic heterocycles. The van der Waals surface area contributed by atoms with Crippen LogP contribution in [-0.2, 0) is 6.54 Å². The van der Waals surface area contributed by atoms with Crippen molar-refractivity contribution in [3.8, 4) is 11.5 Å². The number of pyridine rings is 1. The fraction of sp³-hybridized carbons (Fsp3) is 0.111. The summed E-state index contributed by atoms with van der Waals surface area (Å²) in [6.45, 7) is 0.231.